The van der Waals surface area contributed by atoms with Crippen LogP contribution in [0.1, 0.15) is 45.0 Å². The van der Waals surface area contributed by atoms with Gasteiger partial charge in [-0.2, -0.15) is 4.98 Å². The molecule has 0 N–H and O–H groups in total. The number of piperazine rings is 1. The number of hydrogen-bond acceptors (Lipinski definition) is 7. The van der Waals surface area contributed by atoms with Crippen molar-refractivity contribution in [2.45, 2.75) is 52.3 Å². The predicted molar refractivity (Wildman–Crippen MR) is 97.5 cm³/mol. The molecule has 8 nitrogen and oxygen atoms in total. The maximum Gasteiger partial charge on any atom is 1.00 e. The van der Waals surface area contributed by atoms with Gasteiger partial charge in [0, 0.05) is 30.7 Å². The number of carboxylic acid groups (broad SMARTS) is 1. The Hall–Kier alpha value is -2.17. The number of rotatable bonds is 2. The molecule has 1 aromatic carbocycles. The van der Waals surface area contributed by atoms with Crippen LogP contribution < -0.4 is 28.9 Å². The quantitative estimate of drug-likeness (QED) is 0.617. The molecule has 0 aliphatic carbocycles. The molecule has 0 spiro atoms. The maximum atomic E-state index is 12.4. The molecular formula is C19H24LiN3O5. The Morgan fingerprint density at radius 3 is 2.36 bits per heavy atom. The van der Waals surface area contributed by atoms with Gasteiger partial charge in [0.2, 0.25) is 0 Å². The second kappa shape index (κ2) is 8.06. The molecule has 1 aromatic heterocycles. The Balaban J connectivity index is 0.00000280. The van der Waals surface area contributed by atoms with Gasteiger partial charge < -0.3 is 28.9 Å². The average Bonchev–Trinajstić information content (AvgIpc) is 2.95. The summed E-state index contributed by atoms with van der Waals surface area (Å²) in [5.74, 6) is -1.30. The number of ether oxygens (including phenoxy) is 1. The van der Waals surface area contributed by atoms with Crippen molar-refractivity contribution in [1.29, 1.82) is 0 Å². The SMILES string of the molecule is C[C@@H]1CN(C(=O)OC(C)(C)C)C[C@@H](C)N1c1nc2c(C(=O)[O-])cccc2o1.[Li+]. The van der Waals surface area contributed by atoms with Crippen LogP contribution in [0.25, 0.3) is 11.1 Å². The van der Waals surface area contributed by atoms with E-state index < -0.39 is 11.6 Å². The molecule has 3 rings (SSSR count). The van der Waals surface area contributed by atoms with Gasteiger partial charge in [0.25, 0.3) is 6.01 Å². The van der Waals surface area contributed by atoms with Gasteiger partial charge in [-0.25, -0.2) is 4.79 Å². The third-order valence-electron chi connectivity index (χ3n) is 4.42. The first-order valence-corrected chi connectivity index (χ1v) is 8.94. The van der Waals surface area contributed by atoms with E-state index in [1.807, 2.05) is 39.5 Å². The number of fused-ring (bicyclic) bond motifs is 1. The van der Waals surface area contributed by atoms with E-state index in [9.17, 15) is 14.7 Å². The zero-order valence-electron chi connectivity index (χ0n) is 17.2. The second-order valence-corrected chi connectivity index (χ2v) is 7.93. The van der Waals surface area contributed by atoms with Crippen LogP contribution in [0.5, 0.6) is 0 Å². The Morgan fingerprint density at radius 1 is 1.21 bits per heavy atom. The summed E-state index contributed by atoms with van der Waals surface area (Å²) >= 11 is 0. The maximum absolute atomic E-state index is 12.4. The van der Waals surface area contributed by atoms with Crippen molar-refractivity contribution in [3.63, 3.8) is 0 Å². The van der Waals surface area contributed by atoms with E-state index in [0.29, 0.717) is 24.7 Å². The van der Waals surface area contributed by atoms with Crippen LogP contribution in [0.3, 0.4) is 0 Å². The summed E-state index contributed by atoms with van der Waals surface area (Å²) in [5.41, 5.74) is 0.0970. The molecule has 146 valence electrons. The fourth-order valence-corrected chi connectivity index (χ4v) is 3.39. The van der Waals surface area contributed by atoms with E-state index in [2.05, 4.69) is 4.98 Å². The summed E-state index contributed by atoms with van der Waals surface area (Å²) in [6.45, 7) is 10.3. The molecule has 2 heterocycles. The van der Waals surface area contributed by atoms with E-state index in [1.165, 1.54) is 6.07 Å². The number of benzene rings is 1. The van der Waals surface area contributed by atoms with Gasteiger partial charge in [-0.05, 0) is 40.7 Å². The molecule has 9 heteroatoms. The molecule has 28 heavy (non-hydrogen) atoms. The number of carboxylic acids is 1. The summed E-state index contributed by atoms with van der Waals surface area (Å²) < 4.78 is 11.3. The number of para-hydroxylation sites is 1. The third kappa shape index (κ3) is 4.45. The Morgan fingerprint density at radius 2 is 1.82 bits per heavy atom. The van der Waals surface area contributed by atoms with Crippen molar-refractivity contribution in [2.75, 3.05) is 18.0 Å². The molecule has 1 aliphatic rings. The van der Waals surface area contributed by atoms with Crippen LogP contribution in [-0.4, -0.2) is 52.7 Å². The van der Waals surface area contributed by atoms with Crippen molar-refractivity contribution in [1.82, 2.24) is 9.88 Å². The zero-order chi connectivity index (χ0) is 19.9. The summed E-state index contributed by atoms with van der Waals surface area (Å²) in [7, 11) is 0. The van der Waals surface area contributed by atoms with Crippen LogP contribution in [-0.2, 0) is 4.74 Å². The number of amides is 1. The monoisotopic (exact) mass is 381 g/mol. The van der Waals surface area contributed by atoms with Gasteiger partial charge >= 0.3 is 25.0 Å². The third-order valence-corrected chi connectivity index (χ3v) is 4.42. The first-order valence-electron chi connectivity index (χ1n) is 8.94. The zero-order valence-corrected chi connectivity index (χ0v) is 17.2. The number of carbonyl (C=O) groups excluding carboxylic acids is 2. The Labute approximate surface area is 176 Å². The molecule has 0 bridgehead atoms. The summed E-state index contributed by atoms with van der Waals surface area (Å²) in [6, 6.07) is 4.88. The molecule has 1 fully saturated rings. The minimum absolute atomic E-state index is 0. The smallest absolute Gasteiger partial charge is 0.545 e. The normalized spacial score (nSPS) is 20.0. The van der Waals surface area contributed by atoms with Crippen LogP contribution in [0.4, 0.5) is 10.8 Å². The number of aromatic carboxylic acids is 1. The molecule has 0 unspecified atom stereocenters. The molecule has 0 saturated carbocycles. The first-order chi connectivity index (χ1) is 12.6. The standard InChI is InChI=1S/C19H25N3O5.Li/c1-11-9-21(18(25)27-19(3,4)5)10-12(2)22(11)17-20-15-13(16(23)24)7-6-8-14(15)26-17;/h6-8,11-12H,9-10H2,1-5H3,(H,23,24);/q;+1/p-1/t11-,12-;/m1./s1. The van der Waals surface area contributed by atoms with Gasteiger partial charge in [0.1, 0.15) is 11.1 Å². The van der Waals surface area contributed by atoms with Gasteiger partial charge in [-0.3, -0.25) is 0 Å². The molecule has 2 aromatic rings. The van der Waals surface area contributed by atoms with Crippen LogP contribution in [0.15, 0.2) is 22.6 Å². The van der Waals surface area contributed by atoms with Gasteiger partial charge in [-0.15, -0.1) is 0 Å². The van der Waals surface area contributed by atoms with Gasteiger partial charge in [0.05, 0.1) is 5.97 Å². The molecule has 1 saturated heterocycles. The van der Waals surface area contributed by atoms with Crippen molar-refractivity contribution < 1.29 is 42.7 Å². The van der Waals surface area contributed by atoms with E-state index in [1.54, 1.807) is 17.0 Å². The summed E-state index contributed by atoms with van der Waals surface area (Å²) in [4.78, 5) is 31.7. The molecule has 2 atom stereocenters. The predicted octanol–water partition coefficient (Wildman–Crippen LogP) is -0.971. The average molecular weight is 381 g/mol. The molecule has 0 radical (unpaired) electrons. The van der Waals surface area contributed by atoms with Crippen LogP contribution in [0, 0.1) is 0 Å². The minimum atomic E-state index is -1.30. The van der Waals surface area contributed by atoms with E-state index in [0.717, 1.165) is 0 Å². The van der Waals surface area contributed by atoms with Gasteiger partial charge in [0.15, 0.2) is 5.58 Å². The van der Waals surface area contributed by atoms with Crippen molar-refractivity contribution >= 4 is 29.2 Å². The Kier molecular flexibility index (Phi) is 6.36. The number of nitrogens with zero attached hydrogens (tertiary/aromatic N) is 3. The largest absolute Gasteiger partial charge is 1.00 e. The van der Waals surface area contributed by atoms with Crippen LogP contribution >= 0.6 is 0 Å². The van der Waals surface area contributed by atoms with E-state index in [-0.39, 0.29) is 48.1 Å². The number of aromatic nitrogens is 1. The number of oxazole rings is 1. The summed E-state index contributed by atoms with van der Waals surface area (Å²) in [5, 5.41) is 11.3. The van der Waals surface area contributed by atoms with E-state index in [4.69, 9.17) is 9.15 Å². The second-order valence-electron chi connectivity index (χ2n) is 7.93. The molecule has 1 aliphatic heterocycles. The minimum Gasteiger partial charge on any atom is -0.545 e. The first kappa shape index (κ1) is 22.1. The van der Waals surface area contributed by atoms with Gasteiger partial charge in [-0.1, -0.05) is 12.1 Å². The molecular weight excluding hydrogens is 357 g/mol. The van der Waals surface area contributed by atoms with Crippen LogP contribution in [0.2, 0.25) is 0 Å². The topological polar surface area (TPSA) is 98.9 Å². The van der Waals surface area contributed by atoms with Crippen molar-refractivity contribution in [2.24, 2.45) is 0 Å². The fraction of sp³-hybridized carbons (Fsp3) is 0.526. The fourth-order valence-electron chi connectivity index (χ4n) is 3.39. The van der Waals surface area contributed by atoms with Crippen molar-refractivity contribution in [3.8, 4) is 0 Å². The number of hydrogen-bond donors (Lipinski definition) is 0. The van der Waals surface area contributed by atoms with Crippen molar-refractivity contribution in [3.05, 3.63) is 23.8 Å². The Bertz CT molecular complexity index is 864. The summed E-state index contributed by atoms with van der Waals surface area (Å²) in [6.07, 6.45) is -0.349. The number of carbonyl (C=O) groups is 2. The number of anilines is 1. The van der Waals surface area contributed by atoms with E-state index >= 15 is 0 Å². The molecule has 1 amide bonds.